The summed E-state index contributed by atoms with van der Waals surface area (Å²) in [6, 6.07) is 22.0. The Morgan fingerprint density at radius 3 is 2.58 bits per heavy atom. The molecule has 7 heteroatoms. The Balaban J connectivity index is 1.30. The Kier molecular flexibility index (Phi) is 4.79. The molecule has 7 nitrogen and oxygen atoms in total. The molecule has 0 saturated carbocycles. The Morgan fingerprint density at radius 2 is 1.67 bits per heavy atom. The van der Waals surface area contributed by atoms with Gasteiger partial charge in [0.25, 0.3) is 5.56 Å². The Morgan fingerprint density at radius 1 is 0.818 bits per heavy atom. The molecule has 4 heterocycles. The second-order valence-corrected chi connectivity index (χ2v) is 8.37. The van der Waals surface area contributed by atoms with Crippen molar-refractivity contribution in [2.24, 2.45) is 0 Å². The fraction of sp³-hybridized carbons (Fsp3) is 0.192. The zero-order chi connectivity index (χ0) is 22.2. The van der Waals surface area contributed by atoms with E-state index in [0.717, 1.165) is 66.4 Å². The van der Waals surface area contributed by atoms with E-state index in [1.807, 2.05) is 48.7 Å². The lowest BCUT2D eigenvalue weighted by Gasteiger charge is -2.24. The van der Waals surface area contributed by atoms with Crippen LogP contribution in [0.25, 0.3) is 33.7 Å². The fourth-order valence-electron chi connectivity index (χ4n) is 4.67. The van der Waals surface area contributed by atoms with E-state index in [-0.39, 0.29) is 5.56 Å². The topological polar surface area (TPSA) is 80.9 Å². The largest absolute Gasteiger partial charge is 0.370 e. The monoisotopic (exact) mass is 436 g/mol. The maximum atomic E-state index is 12.7. The molecule has 0 bridgehead atoms. The van der Waals surface area contributed by atoms with Crippen LogP contribution in [0.4, 0.5) is 11.5 Å². The second-order valence-electron chi connectivity index (χ2n) is 8.37. The van der Waals surface area contributed by atoms with Gasteiger partial charge in [-0.05, 0) is 42.8 Å². The highest BCUT2D eigenvalue weighted by Crippen LogP contribution is 2.30. The van der Waals surface area contributed by atoms with Crippen molar-refractivity contribution in [3.8, 4) is 22.6 Å². The van der Waals surface area contributed by atoms with Crippen LogP contribution in [0.15, 0.2) is 77.7 Å². The molecule has 0 unspecified atom stereocenters. The van der Waals surface area contributed by atoms with Crippen molar-refractivity contribution in [2.75, 3.05) is 36.0 Å². The molecule has 1 saturated heterocycles. The van der Waals surface area contributed by atoms with Crippen LogP contribution in [0.3, 0.4) is 0 Å². The van der Waals surface area contributed by atoms with E-state index in [9.17, 15) is 4.79 Å². The van der Waals surface area contributed by atoms with Gasteiger partial charge < -0.3 is 19.8 Å². The summed E-state index contributed by atoms with van der Waals surface area (Å²) in [5.41, 5.74) is 5.07. The van der Waals surface area contributed by atoms with Gasteiger partial charge in [-0.25, -0.2) is 9.97 Å². The van der Waals surface area contributed by atoms with Gasteiger partial charge in [0.15, 0.2) is 0 Å². The van der Waals surface area contributed by atoms with Gasteiger partial charge in [0, 0.05) is 49.3 Å². The average molecular weight is 437 g/mol. The van der Waals surface area contributed by atoms with Crippen molar-refractivity contribution in [1.82, 2.24) is 19.9 Å². The van der Waals surface area contributed by atoms with Gasteiger partial charge in [-0.1, -0.05) is 30.3 Å². The van der Waals surface area contributed by atoms with E-state index in [1.165, 1.54) is 0 Å². The first-order valence-corrected chi connectivity index (χ1v) is 11.3. The van der Waals surface area contributed by atoms with E-state index < -0.39 is 0 Å². The molecule has 1 fully saturated rings. The Hall–Kier alpha value is -4.13. The Bertz CT molecular complexity index is 1440. The van der Waals surface area contributed by atoms with Crippen LogP contribution in [0, 0.1) is 0 Å². The number of fused-ring (bicyclic) bond motifs is 2. The minimum atomic E-state index is -0.127. The zero-order valence-electron chi connectivity index (χ0n) is 18.2. The van der Waals surface area contributed by atoms with Crippen molar-refractivity contribution in [1.29, 1.82) is 0 Å². The molecule has 2 N–H and O–H groups in total. The number of nitrogens with one attached hydrogen (secondary N) is 2. The lowest BCUT2D eigenvalue weighted by molar-refractivity contribution is 0.798. The van der Waals surface area contributed by atoms with Crippen molar-refractivity contribution in [3.05, 3.63) is 83.3 Å². The number of rotatable bonds is 3. The minimum absolute atomic E-state index is 0.127. The summed E-state index contributed by atoms with van der Waals surface area (Å²) < 4.78 is 0. The summed E-state index contributed by atoms with van der Waals surface area (Å²) in [6.07, 6.45) is 2.91. The number of hydrogen-bond donors (Lipinski definition) is 2. The van der Waals surface area contributed by atoms with Gasteiger partial charge in [0.2, 0.25) is 0 Å². The predicted molar refractivity (Wildman–Crippen MR) is 132 cm³/mol. The van der Waals surface area contributed by atoms with Gasteiger partial charge in [-0.15, -0.1) is 0 Å². The normalized spacial score (nSPS) is 14.7. The first-order valence-electron chi connectivity index (χ1n) is 11.3. The van der Waals surface area contributed by atoms with E-state index in [1.54, 1.807) is 0 Å². The van der Waals surface area contributed by atoms with Crippen molar-refractivity contribution >= 4 is 22.5 Å². The van der Waals surface area contributed by atoms with E-state index in [4.69, 9.17) is 4.98 Å². The number of H-pyrrole nitrogens is 2. The number of nitrogens with zero attached hydrogens (tertiary/aromatic N) is 4. The first kappa shape index (κ1) is 19.5. The molecule has 0 spiro atoms. The summed E-state index contributed by atoms with van der Waals surface area (Å²) in [6.45, 7) is 3.82. The third-order valence-electron chi connectivity index (χ3n) is 6.32. The average Bonchev–Trinajstić information content (AvgIpc) is 3.16. The quantitative estimate of drug-likeness (QED) is 0.444. The van der Waals surface area contributed by atoms with Crippen LogP contribution in [0.5, 0.6) is 0 Å². The van der Waals surface area contributed by atoms with Crippen LogP contribution >= 0.6 is 0 Å². The highest BCUT2D eigenvalue weighted by molar-refractivity contribution is 5.87. The molecular weight excluding hydrogens is 412 g/mol. The lowest BCUT2D eigenvalue weighted by Crippen LogP contribution is -2.31. The molecule has 0 amide bonds. The molecule has 0 radical (unpaired) electrons. The van der Waals surface area contributed by atoms with Gasteiger partial charge in [-0.2, -0.15) is 0 Å². The predicted octanol–water partition coefficient (Wildman–Crippen LogP) is 4.13. The van der Waals surface area contributed by atoms with Gasteiger partial charge in [0.05, 0.1) is 16.6 Å². The number of anilines is 2. The second kappa shape index (κ2) is 8.09. The van der Waals surface area contributed by atoms with E-state index in [0.29, 0.717) is 11.4 Å². The van der Waals surface area contributed by atoms with E-state index >= 15 is 0 Å². The lowest BCUT2D eigenvalue weighted by atomic mass is 10.1. The highest BCUT2D eigenvalue weighted by Gasteiger charge is 2.20. The third-order valence-corrected chi connectivity index (χ3v) is 6.32. The van der Waals surface area contributed by atoms with Crippen LogP contribution in [-0.4, -0.2) is 46.1 Å². The van der Waals surface area contributed by atoms with Gasteiger partial charge >= 0.3 is 0 Å². The fourth-order valence-corrected chi connectivity index (χ4v) is 4.67. The molecule has 3 aromatic rings. The number of benzene rings is 1. The summed E-state index contributed by atoms with van der Waals surface area (Å²) in [5, 5.41) is 0. The van der Waals surface area contributed by atoms with Crippen LogP contribution in [-0.2, 0) is 0 Å². The number of aromatic amines is 2. The van der Waals surface area contributed by atoms with Gasteiger partial charge in [-0.3, -0.25) is 4.79 Å². The molecule has 2 aliphatic heterocycles. The first-order chi connectivity index (χ1) is 16.3. The molecule has 164 valence electrons. The smallest absolute Gasteiger partial charge is 0.260 e. The standard InChI is InChI=1S/C26H24N6O/c33-26-24(19-7-2-1-3-8-20(19)30-26)25-28-21-11-10-18(17-22(21)29-25)31-13-6-14-32(16-15-31)23-9-4-5-12-27-23/h1-5,7-12,17H,6,13-16H2,(H,28,29)(H,30,33). The molecular formula is C26H24N6O. The zero-order valence-corrected chi connectivity index (χ0v) is 18.2. The van der Waals surface area contributed by atoms with Crippen LogP contribution in [0.2, 0.25) is 0 Å². The molecule has 1 aliphatic carbocycles. The van der Waals surface area contributed by atoms with Crippen molar-refractivity contribution in [3.63, 3.8) is 0 Å². The maximum Gasteiger partial charge on any atom is 0.260 e. The van der Waals surface area contributed by atoms with Gasteiger partial charge in [0.1, 0.15) is 11.6 Å². The molecule has 33 heavy (non-hydrogen) atoms. The summed E-state index contributed by atoms with van der Waals surface area (Å²) in [4.78, 5) is 33.0. The van der Waals surface area contributed by atoms with Crippen LogP contribution in [0.1, 0.15) is 6.42 Å². The van der Waals surface area contributed by atoms with Crippen molar-refractivity contribution in [2.45, 2.75) is 6.42 Å². The number of hydrogen-bond acceptors (Lipinski definition) is 5. The van der Waals surface area contributed by atoms with Crippen molar-refractivity contribution < 1.29 is 0 Å². The molecule has 2 aromatic heterocycles. The molecule has 3 aliphatic rings. The summed E-state index contributed by atoms with van der Waals surface area (Å²) >= 11 is 0. The summed E-state index contributed by atoms with van der Waals surface area (Å²) in [7, 11) is 0. The maximum absolute atomic E-state index is 12.7. The minimum Gasteiger partial charge on any atom is -0.370 e. The molecule has 1 aromatic carbocycles. The number of aromatic nitrogens is 4. The summed E-state index contributed by atoms with van der Waals surface area (Å²) in [5.74, 6) is 1.63. The van der Waals surface area contributed by atoms with E-state index in [2.05, 4.69) is 49.0 Å². The Labute approximate surface area is 191 Å². The highest BCUT2D eigenvalue weighted by atomic mass is 16.1. The SMILES string of the molecule is O=c1[nH]c2cccccc-2c1-c1nc2cc(N3CCCN(c4ccccn4)CC3)ccc2[nH]1. The molecule has 6 rings (SSSR count). The number of pyridine rings is 1. The molecule has 0 atom stereocenters. The number of imidazole rings is 1. The van der Waals surface area contributed by atoms with Crippen LogP contribution < -0.4 is 15.4 Å². The third kappa shape index (κ3) is 3.61.